The fourth-order valence-electron chi connectivity index (χ4n) is 2.37. The quantitative estimate of drug-likeness (QED) is 0.745. The van der Waals surface area contributed by atoms with Crippen LogP contribution in [0, 0.1) is 13.8 Å². The van der Waals surface area contributed by atoms with E-state index in [9.17, 15) is 9.59 Å². The van der Waals surface area contributed by atoms with E-state index >= 15 is 0 Å². The summed E-state index contributed by atoms with van der Waals surface area (Å²) in [6, 6.07) is 10.9. The monoisotopic (exact) mass is 329 g/mol. The van der Waals surface area contributed by atoms with Gasteiger partial charge in [0, 0.05) is 4.47 Å². The number of anilines is 1. The summed E-state index contributed by atoms with van der Waals surface area (Å²) in [4.78, 5) is 26.2. The molecule has 2 aromatic rings. The highest BCUT2D eigenvalue weighted by Crippen LogP contribution is 2.34. The molecular formula is C16H12BrNO2. The summed E-state index contributed by atoms with van der Waals surface area (Å²) >= 11 is 3.41. The summed E-state index contributed by atoms with van der Waals surface area (Å²) in [7, 11) is 0. The molecule has 0 aliphatic carbocycles. The highest BCUT2D eigenvalue weighted by Gasteiger charge is 2.37. The Balaban J connectivity index is 2.16. The number of nitrogens with zero attached hydrogens (tertiary/aromatic N) is 1. The zero-order valence-electron chi connectivity index (χ0n) is 11.1. The third kappa shape index (κ3) is 1.88. The van der Waals surface area contributed by atoms with E-state index in [0.29, 0.717) is 16.8 Å². The molecular weight excluding hydrogens is 318 g/mol. The second-order valence-electron chi connectivity index (χ2n) is 4.95. The first-order valence-corrected chi connectivity index (χ1v) is 7.04. The predicted molar refractivity (Wildman–Crippen MR) is 81.2 cm³/mol. The van der Waals surface area contributed by atoms with Crippen molar-refractivity contribution >= 4 is 33.4 Å². The average molecular weight is 330 g/mol. The van der Waals surface area contributed by atoms with Crippen LogP contribution in [0.1, 0.15) is 31.8 Å². The van der Waals surface area contributed by atoms with Gasteiger partial charge in [-0.15, -0.1) is 0 Å². The van der Waals surface area contributed by atoms with E-state index in [-0.39, 0.29) is 11.8 Å². The van der Waals surface area contributed by atoms with Gasteiger partial charge in [-0.2, -0.15) is 0 Å². The molecule has 1 heterocycles. The molecule has 100 valence electrons. The van der Waals surface area contributed by atoms with Crippen LogP contribution in [0.25, 0.3) is 0 Å². The van der Waals surface area contributed by atoms with Crippen molar-refractivity contribution in [3.63, 3.8) is 0 Å². The van der Waals surface area contributed by atoms with Gasteiger partial charge >= 0.3 is 0 Å². The van der Waals surface area contributed by atoms with E-state index in [1.54, 1.807) is 12.1 Å². The summed E-state index contributed by atoms with van der Waals surface area (Å²) in [5.74, 6) is -0.531. The Labute approximate surface area is 125 Å². The molecule has 0 fully saturated rings. The number of hydrogen-bond donors (Lipinski definition) is 0. The molecule has 0 N–H and O–H groups in total. The minimum absolute atomic E-state index is 0.264. The van der Waals surface area contributed by atoms with Crippen LogP contribution >= 0.6 is 15.9 Å². The Kier molecular flexibility index (Phi) is 2.98. The SMILES string of the molecule is Cc1ccc2c(c1)C(=O)N(c1cc(C)ccc1Br)C2=O. The van der Waals surface area contributed by atoms with Crippen LogP contribution in [0.2, 0.25) is 0 Å². The van der Waals surface area contributed by atoms with Crippen molar-refractivity contribution in [2.24, 2.45) is 0 Å². The number of carbonyl (C=O) groups excluding carboxylic acids is 2. The van der Waals surface area contributed by atoms with E-state index in [1.807, 2.05) is 38.1 Å². The maximum Gasteiger partial charge on any atom is 0.266 e. The summed E-state index contributed by atoms with van der Waals surface area (Å²) in [6.45, 7) is 3.83. The molecule has 0 unspecified atom stereocenters. The fraction of sp³-hybridized carbons (Fsp3) is 0.125. The van der Waals surface area contributed by atoms with Gasteiger partial charge in [0.15, 0.2) is 0 Å². The first-order valence-electron chi connectivity index (χ1n) is 6.24. The Bertz CT molecular complexity index is 752. The molecule has 0 saturated carbocycles. The minimum Gasteiger partial charge on any atom is -0.268 e. The van der Waals surface area contributed by atoms with Crippen LogP contribution in [-0.4, -0.2) is 11.8 Å². The number of fused-ring (bicyclic) bond motifs is 1. The number of halogens is 1. The van der Waals surface area contributed by atoms with Gasteiger partial charge in [-0.25, -0.2) is 4.90 Å². The second kappa shape index (κ2) is 4.56. The normalized spacial score (nSPS) is 13.8. The fourth-order valence-corrected chi connectivity index (χ4v) is 2.79. The van der Waals surface area contributed by atoms with Gasteiger partial charge in [-0.05, 0) is 59.6 Å². The number of imide groups is 1. The lowest BCUT2D eigenvalue weighted by Gasteiger charge is -2.16. The number of carbonyl (C=O) groups is 2. The zero-order valence-corrected chi connectivity index (χ0v) is 12.7. The molecule has 0 spiro atoms. The van der Waals surface area contributed by atoms with Crippen molar-refractivity contribution in [3.05, 3.63) is 63.1 Å². The third-order valence-electron chi connectivity index (χ3n) is 3.38. The molecule has 0 bridgehead atoms. The lowest BCUT2D eigenvalue weighted by molar-refractivity contribution is 0.0926. The van der Waals surface area contributed by atoms with Crippen LogP contribution in [-0.2, 0) is 0 Å². The van der Waals surface area contributed by atoms with E-state index in [4.69, 9.17) is 0 Å². The highest BCUT2D eigenvalue weighted by atomic mass is 79.9. The summed E-state index contributed by atoms with van der Waals surface area (Å²) in [5, 5.41) is 0. The summed E-state index contributed by atoms with van der Waals surface area (Å²) in [6.07, 6.45) is 0. The third-order valence-corrected chi connectivity index (χ3v) is 4.06. The number of hydrogen-bond acceptors (Lipinski definition) is 2. The van der Waals surface area contributed by atoms with Crippen LogP contribution in [0.3, 0.4) is 0 Å². The Morgan fingerprint density at radius 3 is 2.20 bits per heavy atom. The van der Waals surface area contributed by atoms with Crippen molar-refractivity contribution in [1.82, 2.24) is 0 Å². The number of benzene rings is 2. The van der Waals surface area contributed by atoms with Crippen LogP contribution in [0.4, 0.5) is 5.69 Å². The van der Waals surface area contributed by atoms with Crippen molar-refractivity contribution in [2.45, 2.75) is 13.8 Å². The molecule has 2 aromatic carbocycles. The van der Waals surface area contributed by atoms with E-state index in [0.717, 1.165) is 15.6 Å². The second-order valence-corrected chi connectivity index (χ2v) is 5.80. The molecule has 3 rings (SSSR count). The molecule has 20 heavy (non-hydrogen) atoms. The smallest absolute Gasteiger partial charge is 0.266 e. The summed E-state index contributed by atoms with van der Waals surface area (Å²) in [5.41, 5.74) is 3.50. The van der Waals surface area contributed by atoms with Gasteiger partial charge in [0.2, 0.25) is 0 Å². The first-order chi connectivity index (χ1) is 9.49. The van der Waals surface area contributed by atoms with Crippen molar-refractivity contribution in [3.8, 4) is 0 Å². The number of rotatable bonds is 1. The lowest BCUT2D eigenvalue weighted by Crippen LogP contribution is -2.29. The van der Waals surface area contributed by atoms with Gasteiger partial charge in [0.05, 0.1) is 16.8 Å². The van der Waals surface area contributed by atoms with Gasteiger partial charge in [0.25, 0.3) is 11.8 Å². The van der Waals surface area contributed by atoms with E-state index in [1.165, 1.54) is 4.90 Å². The van der Waals surface area contributed by atoms with Crippen LogP contribution in [0.15, 0.2) is 40.9 Å². The molecule has 0 atom stereocenters. The largest absolute Gasteiger partial charge is 0.268 e. The summed E-state index contributed by atoms with van der Waals surface area (Å²) < 4.78 is 0.731. The predicted octanol–water partition coefficient (Wildman–Crippen LogP) is 3.87. The maximum absolute atomic E-state index is 12.5. The number of amides is 2. The Morgan fingerprint density at radius 2 is 1.45 bits per heavy atom. The van der Waals surface area contributed by atoms with Crippen molar-refractivity contribution < 1.29 is 9.59 Å². The molecule has 1 aliphatic rings. The van der Waals surface area contributed by atoms with Crippen molar-refractivity contribution in [2.75, 3.05) is 4.90 Å². The molecule has 3 nitrogen and oxygen atoms in total. The van der Waals surface area contributed by atoms with Gasteiger partial charge in [-0.3, -0.25) is 9.59 Å². The van der Waals surface area contributed by atoms with Gasteiger partial charge in [-0.1, -0.05) is 17.7 Å². The van der Waals surface area contributed by atoms with Crippen molar-refractivity contribution in [1.29, 1.82) is 0 Å². The maximum atomic E-state index is 12.5. The zero-order chi connectivity index (χ0) is 14.4. The van der Waals surface area contributed by atoms with E-state index in [2.05, 4.69) is 15.9 Å². The average Bonchev–Trinajstić information content (AvgIpc) is 2.65. The highest BCUT2D eigenvalue weighted by molar-refractivity contribution is 9.10. The molecule has 0 aromatic heterocycles. The molecule has 4 heteroatoms. The molecule has 2 amide bonds. The molecule has 1 aliphatic heterocycles. The Hall–Kier alpha value is -1.94. The van der Waals surface area contributed by atoms with Crippen LogP contribution in [0.5, 0.6) is 0 Å². The minimum atomic E-state index is -0.267. The molecule has 0 saturated heterocycles. The Morgan fingerprint density at radius 1 is 0.850 bits per heavy atom. The number of aryl methyl sites for hydroxylation is 2. The topological polar surface area (TPSA) is 37.4 Å². The molecule has 0 radical (unpaired) electrons. The van der Waals surface area contributed by atoms with E-state index < -0.39 is 0 Å². The van der Waals surface area contributed by atoms with Crippen LogP contribution < -0.4 is 4.90 Å². The standard InChI is InChI=1S/C16H12BrNO2/c1-9-3-5-11-12(7-9)16(20)18(15(11)19)14-8-10(2)4-6-13(14)17/h3-8H,1-2H3. The first kappa shape index (κ1) is 13.1. The van der Waals surface area contributed by atoms with Gasteiger partial charge in [0.1, 0.15) is 0 Å². The lowest BCUT2D eigenvalue weighted by atomic mass is 10.1. The van der Waals surface area contributed by atoms with Gasteiger partial charge < -0.3 is 0 Å².